The molecule has 0 unspecified atom stereocenters. The van der Waals surface area contributed by atoms with Gasteiger partial charge in [0, 0.05) is 16.5 Å². The van der Waals surface area contributed by atoms with Gasteiger partial charge >= 0.3 is 0 Å². The molecule has 0 amide bonds. The van der Waals surface area contributed by atoms with Crippen LogP contribution in [0.4, 0.5) is 0 Å². The lowest BCUT2D eigenvalue weighted by Crippen LogP contribution is -1.95. The Morgan fingerprint density at radius 1 is 0.389 bits per heavy atom. The van der Waals surface area contributed by atoms with Gasteiger partial charge in [-0.1, -0.05) is 164 Å². The molecule has 0 atom stereocenters. The number of para-hydroxylation sites is 1. The Kier molecular flexibility index (Phi) is 7.78. The van der Waals surface area contributed by atoms with Crippen molar-refractivity contribution in [1.82, 2.24) is 4.57 Å². The summed E-state index contributed by atoms with van der Waals surface area (Å²) in [6.07, 6.45) is 8.57. The van der Waals surface area contributed by atoms with Crippen LogP contribution >= 0.6 is 0 Å². The van der Waals surface area contributed by atoms with Gasteiger partial charge in [-0.2, -0.15) is 0 Å². The van der Waals surface area contributed by atoms with Crippen molar-refractivity contribution in [3.63, 3.8) is 0 Å². The molecule has 10 rings (SSSR count). The average molecular weight is 688 g/mol. The van der Waals surface area contributed by atoms with Crippen LogP contribution in [0.25, 0.3) is 99.3 Å². The van der Waals surface area contributed by atoms with Crippen LogP contribution in [0.5, 0.6) is 0 Å². The molecule has 254 valence electrons. The van der Waals surface area contributed by atoms with Gasteiger partial charge in [-0.3, -0.25) is 0 Å². The van der Waals surface area contributed by atoms with Crippen LogP contribution in [0.2, 0.25) is 0 Å². The van der Waals surface area contributed by atoms with Gasteiger partial charge in [-0.25, -0.2) is 0 Å². The van der Waals surface area contributed by atoms with Crippen molar-refractivity contribution in [2.45, 2.75) is 6.92 Å². The molecule has 0 N–H and O–H groups in total. The van der Waals surface area contributed by atoms with Crippen LogP contribution in [-0.4, -0.2) is 4.57 Å². The largest absolute Gasteiger partial charge is 0.309 e. The molecule has 1 nitrogen and oxygen atoms in total. The fraction of sp³-hybridized carbons (Fsp3) is 0.0189. The zero-order valence-electron chi connectivity index (χ0n) is 30.1. The molecule has 0 spiro atoms. The Morgan fingerprint density at radius 3 is 1.87 bits per heavy atom. The number of hydrogen-bond acceptors (Lipinski definition) is 0. The van der Waals surface area contributed by atoms with Crippen LogP contribution < -0.4 is 0 Å². The van der Waals surface area contributed by atoms with Crippen LogP contribution in [0.1, 0.15) is 12.5 Å². The van der Waals surface area contributed by atoms with Gasteiger partial charge in [0.2, 0.25) is 0 Å². The quantitative estimate of drug-likeness (QED) is 0.153. The van der Waals surface area contributed by atoms with E-state index < -0.39 is 0 Å². The topological polar surface area (TPSA) is 4.93 Å². The standard InChI is InChI=1S/C53H37N/c1-2-3-4-17-41-35-49(46-20-9-10-22-48(46)53(41)42-26-25-36-14-5-6-16-39(36)33-42)38-27-30-43(31-28-38)54-51-24-12-11-21-47(51)50-34-40(29-32-52(50)54)45-23-13-18-37-15-7-8-19-44(37)45/h2-35H,1H3/b3-2-,17-4-. The molecule has 0 saturated heterocycles. The van der Waals surface area contributed by atoms with Crippen molar-refractivity contribution < 1.29 is 0 Å². The fourth-order valence-corrected chi connectivity index (χ4v) is 8.39. The fourth-order valence-electron chi connectivity index (χ4n) is 8.39. The summed E-state index contributed by atoms with van der Waals surface area (Å²) in [5.41, 5.74) is 12.1. The molecule has 1 heteroatoms. The maximum Gasteiger partial charge on any atom is 0.0541 e. The highest BCUT2D eigenvalue weighted by molar-refractivity contribution is 6.12. The second-order valence-electron chi connectivity index (χ2n) is 14.0. The van der Waals surface area contributed by atoms with E-state index in [4.69, 9.17) is 0 Å². The molecule has 0 aliphatic heterocycles. The molecule has 54 heavy (non-hydrogen) atoms. The van der Waals surface area contributed by atoms with E-state index in [1.165, 1.54) is 93.1 Å². The summed E-state index contributed by atoms with van der Waals surface area (Å²) < 4.78 is 2.41. The zero-order chi connectivity index (χ0) is 36.0. The Bertz CT molecular complexity index is 3090. The van der Waals surface area contributed by atoms with E-state index in [0.717, 1.165) is 5.69 Å². The minimum Gasteiger partial charge on any atom is -0.309 e. The summed E-state index contributed by atoms with van der Waals surface area (Å²) in [6.45, 7) is 2.06. The molecule has 0 fully saturated rings. The number of fused-ring (bicyclic) bond motifs is 6. The maximum atomic E-state index is 2.41. The Hall–Kier alpha value is -6.96. The summed E-state index contributed by atoms with van der Waals surface area (Å²) in [4.78, 5) is 0. The van der Waals surface area contributed by atoms with Gasteiger partial charge in [0.05, 0.1) is 11.0 Å². The Balaban J connectivity index is 1.11. The highest BCUT2D eigenvalue weighted by atomic mass is 15.0. The second kappa shape index (κ2) is 13.2. The summed E-state index contributed by atoms with van der Waals surface area (Å²) in [7, 11) is 0. The monoisotopic (exact) mass is 687 g/mol. The van der Waals surface area contributed by atoms with Gasteiger partial charge in [-0.05, 0) is 121 Å². The Morgan fingerprint density at radius 2 is 1.04 bits per heavy atom. The van der Waals surface area contributed by atoms with Crippen LogP contribution in [0.15, 0.2) is 200 Å². The molecule has 0 aliphatic rings. The first-order valence-corrected chi connectivity index (χ1v) is 18.7. The predicted octanol–water partition coefficient (Wildman–Crippen LogP) is 14.8. The molecule has 1 aromatic heterocycles. The van der Waals surface area contributed by atoms with Gasteiger partial charge in [0.15, 0.2) is 0 Å². The first kappa shape index (κ1) is 31.7. The summed E-state index contributed by atoms with van der Waals surface area (Å²) in [5, 5.41) is 10.0. The first-order valence-electron chi connectivity index (χ1n) is 18.7. The molecule has 0 bridgehead atoms. The second-order valence-corrected chi connectivity index (χ2v) is 14.0. The van der Waals surface area contributed by atoms with Crippen molar-refractivity contribution >= 4 is 60.2 Å². The van der Waals surface area contributed by atoms with Crippen molar-refractivity contribution in [2.24, 2.45) is 0 Å². The molecule has 9 aromatic carbocycles. The summed E-state index contributed by atoms with van der Waals surface area (Å²) in [6, 6.07) is 66.8. The molecular formula is C53H37N. The lowest BCUT2D eigenvalue weighted by atomic mass is 9.87. The first-order chi connectivity index (χ1) is 26.7. The van der Waals surface area contributed by atoms with Crippen molar-refractivity contribution in [3.05, 3.63) is 206 Å². The average Bonchev–Trinajstić information content (AvgIpc) is 3.57. The minimum absolute atomic E-state index is 1.15. The number of rotatable bonds is 6. The lowest BCUT2D eigenvalue weighted by Gasteiger charge is -2.17. The number of allylic oxidation sites excluding steroid dienone is 3. The lowest BCUT2D eigenvalue weighted by molar-refractivity contribution is 1.18. The third-order valence-corrected chi connectivity index (χ3v) is 10.9. The molecular weight excluding hydrogens is 651 g/mol. The third kappa shape index (κ3) is 5.33. The van der Waals surface area contributed by atoms with E-state index in [2.05, 4.69) is 218 Å². The van der Waals surface area contributed by atoms with Crippen LogP contribution in [-0.2, 0) is 0 Å². The number of benzene rings is 9. The zero-order valence-corrected chi connectivity index (χ0v) is 30.1. The molecule has 0 aliphatic carbocycles. The van der Waals surface area contributed by atoms with Gasteiger partial charge in [0.25, 0.3) is 0 Å². The molecule has 0 radical (unpaired) electrons. The Labute approximate surface area is 315 Å². The van der Waals surface area contributed by atoms with E-state index in [9.17, 15) is 0 Å². The van der Waals surface area contributed by atoms with Crippen molar-refractivity contribution in [2.75, 3.05) is 0 Å². The van der Waals surface area contributed by atoms with Crippen molar-refractivity contribution in [3.8, 4) is 39.1 Å². The highest BCUT2D eigenvalue weighted by Crippen LogP contribution is 2.41. The van der Waals surface area contributed by atoms with Gasteiger partial charge < -0.3 is 4.57 Å². The van der Waals surface area contributed by atoms with E-state index in [-0.39, 0.29) is 0 Å². The van der Waals surface area contributed by atoms with Crippen LogP contribution in [0.3, 0.4) is 0 Å². The van der Waals surface area contributed by atoms with E-state index >= 15 is 0 Å². The SMILES string of the molecule is C/C=C\C=C/c1cc(-c2ccc(-n3c4ccccc4c4cc(-c5cccc6ccccc56)ccc43)cc2)c2ccccc2c1-c1ccc2ccccc2c1. The van der Waals surface area contributed by atoms with Gasteiger partial charge in [-0.15, -0.1) is 0 Å². The minimum atomic E-state index is 1.15. The number of hydrogen-bond donors (Lipinski definition) is 0. The molecule has 1 heterocycles. The van der Waals surface area contributed by atoms with Crippen LogP contribution in [0, 0.1) is 0 Å². The number of aromatic nitrogens is 1. The highest BCUT2D eigenvalue weighted by Gasteiger charge is 2.17. The van der Waals surface area contributed by atoms with Crippen molar-refractivity contribution in [1.29, 1.82) is 0 Å². The van der Waals surface area contributed by atoms with E-state index in [1.807, 2.05) is 0 Å². The maximum absolute atomic E-state index is 2.41. The summed E-state index contributed by atoms with van der Waals surface area (Å²) >= 11 is 0. The molecule has 10 aromatic rings. The van der Waals surface area contributed by atoms with E-state index in [1.54, 1.807) is 0 Å². The normalized spacial score (nSPS) is 12.0. The van der Waals surface area contributed by atoms with Gasteiger partial charge in [0.1, 0.15) is 0 Å². The summed E-state index contributed by atoms with van der Waals surface area (Å²) in [5.74, 6) is 0. The predicted molar refractivity (Wildman–Crippen MR) is 233 cm³/mol. The molecule has 0 saturated carbocycles. The third-order valence-electron chi connectivity index (χ3n) is 10.9. The number of nitrogens with zero attached hydrogens (tertiary/aromatic N) is 1. The van der Waals surface area contributed by atoms with E-state index in [0.29, 0.717) is 0 Å². The smallest absolute Gasteiger partial charge is 0.0541 e.